The van der Waals surface area contributed by atoms with Crippen LogP contribution in [0.5, 0.6) is 0 Å². The van der Waals surface area contributed by atoms with E-state index in [2.05, 4.69) is 68.5 Å². The van der Waals surface area contributed by atoms with Gasteiger partial charge in [0.15, 0.2) is 5.96 Å². The van der Waals surface area contributed by atoms with Gasteiger partial charge in [-0.1, -0.05) is 32.0 Å². The Hall–Kier alpha value is -1.29. The first-order valence-electron chi connectivity index (χ1n) is 8.25. The monoisotopic (exact) mass is 474 g/mol. The summed E-state index contributed by atoms with van der Waals surface area (Å²) in [6.45, 7) is 6.76. The lowest BCUT2D eigenvalue weighted by atomic mass is 10.4. The Kier molecular flexibility index (Phi) is 10.6. The minimum absolute atomic E-state index is 0. The highest BCUT2D eigenvalue weighted by atomic mass is 127. The second-order valence-corrected chi connectivity index (χ2v) is 6.93. The van der Waals surface area contributed by atoms with Crippen molar-refractivity contribution in [3.8, 4) is 0 Å². The number of hydrogen-bond acceptors (Lipinski definition) is 4. The summed E-state index contributed by atoms with van der Waals surface area (Å²) in [7, 11) is 1.79. The van der Waals surface area contributed by atoms with Crippen molar-refractivity contribution in [2.45, 2.75) is 37.0 Å². The van der Waals surface area contributed by atoms with E-state index in [9.17, 15) is 0 Å². The summed E-state index contributed by atoms with van der Waals surface area (Å²) < 4.78 is 2.06. The average Bonchev–Trinajstić information content (AvgIpc) is 3.06. The predicted octanol–water partition coefficient (Wildman–Crippen LogP) is 2.80. The topological polar surface area (TPSA) is 67.1 Å². The van der Waals surface area contributed by atoms with Crippen LogP contribution in [-0.2, 0) is 13.0 Å². The van der Waals surface area contributed by atoms with E-state index >= 15 is 0 Å². The number of nitrogens with zero attached hydrogens (tertiary/aromatic N) is 4. The Morgan fingerprint density at radius 3 is 2.72 bits per heavy atom. The normalized spacial score (nSPS) is 12.4. The van der Waals surface area contributed by atoms with Crippen molar-refractivity contribution in [3.63, 3.8) is 0 Å². The van der Waals surface area contributed by atoms with Crippen LogP contribution >= 0.6 is 35.7 Å². The molecule has 0 aliphatic carbocycles. The second-order valence-electron chi connectivity index (χ2n) is 5.42. The largest absolute Gasteiger partial charge is 0.355 e. The molecule has 0 aliphatic rings. The zero-order chi connectivity index (χ0) is 17.2. The molecule has 0 spiro atoms. The maximum Gasteiger partial charge on any atom is 0.191 e. The molecule has 0 amide bonds. The van der Waals surface area contributed by atoms with Gasteiger partial charge in [0.1, 0.15) is 12.2 Å². The molecule has 6 nitrogen and oxygen atoms in total. The molecule has 1 aromatic carbocycles. The number of aromatic nitrogens is 3. The number of hydrogen-bond donors (Lipinski definition) is 2. The lowest BCUT2D eigenvalue weighted by Gasteiger charge is -2.16. The fraction of sp³-hybridized carbons (Fsp3) is 0.471. The number of halogens is 1. The van der Waals surface area contributed by atoms with E-state index in [1.165, 1.54) is 4.90 Å². The van der Waals surface area contributed by atoms with Gasteiger partial charge in [0.05, 0.1) is 0 Å². The van der Waals surface area contributed by atoms with Gasteiger partial charge in [0, 0.05) is 43.2 Å². The summed E-state index contributed by atoms with van der Waals surface area (Å²) in [5, 5.41) is 15.2. The fourth-order valence-electron chi connectivity index (χ4n) is 2.27. The van der Waals surface area contributed by atoms with Gasteiger partial charge in [0.25, 0.3) is 0 Å². The van der Waals surface area contributed by atoms with Gasteiger partial charge in [-0.05, 0) is 12.1 Å². The molecule has 0 aliphatic heterocycles. The number of benzene rings is 1. The predicted molar refractivity (Wildman–Crippen MR) is 116 cm³/mol. The molecule has 1 unspecified atom stereocenters. The van der Waals surface area contributed by atoms with E-state index in [4.69, 9.17) is 0 Å². The van der Waals surface area contributed by atoms with Crippen LogP contribution in [0.15, 0.2) is 46.5 Å². The van der Waals surface area contributed by atoms with Crippen LogP contribution in [0.3, 0.4) is 0 Å². The lowest BCUT2D eigenvalue weighted by molar-refractivity contribution is 0.632. The van der Waals surface area contributed by atoms with Gasteiger partial charge < -0.3 is 15.2 Å². The number of aryl methyl sites for hydroxylation is 1. The minimum atomic E-state index is 0. The summed E-state index contributed by atoms with van der Waals surface area (Å²) in [6, 6.07) is 10.5. The summed E-state index contributed by atoms with van der Waals surface area (Å²) in [5.74, 6) is 1.83. The molecule has 1 aromatic heterocycles. The quantitative estimate of drug-likeness (QED) is 0.267. The van der Waals surface area contributed by atoms with Gasteiger partial charge in [0.2, 0.25) is 0 Å². The van der Waals surface area contributed by atoms with E-state index in [0.717, 1.165) is 37.8 Å². The Morgan fingerprint density at radius 2 is 2.04 bits per heavy atom. The van der Waals surface area contributed by atoms with Crippen molar-refractivity contribution in [1.29, 1.82) is 0 Å². The van der Waals surface area contributed by atoms with E-state index in [0.29, 0.717) is 5.25 Å². The number of nitrogens with one attached hydrogen (secondary N) is 2. The fourth-order valence-corrected chi connectivity index (χ4v) is 3.21. The first-order valence-corrected chi connectivity index (χ1v) is 9.13. The SMILES string of the molecule is CCc1nncn1CCNC(=NC)NCC(C)Sc1ccccc1.I. The molecule has 0 radical (unpaired) electrons. The van der Waals surface area contributed by atoms with E-state index in [1.807, 2.05) is 17.8 Å². The van der Waals surface area contributed by atoms with Crippen LogP contribution in [-0.4, -0.2) is 46.1 Å². The summed E-state index contributed by atoms with van der Waals surface area (Å²) in [4.78, 5) is 5.56. The average molecular weight is 474 g/mol. The number of thioether (sulfide) groups is 1. The number of guanidine groups is 1. The van der Waals surface area contributed by atoms with Gasteiger partial charge >= 0.3 is 0 Å². The molecule has 8 heteroatoms. The smallest absolute Gasteiger partial charge is 0.191 e. The van der Waals surface area contributed by atoms with E-state index in [1.54, 1.807) is 13.4 Å². The number of rotatable bonds is 8. The molecule has 0 fully saturated rings. The third-order valence-electron chi connectivity index (χ3n) is 3.52. The standard InChI is InChI=1S/C17H26N6S.HI/c1-4-16-22-21-13-23(16)11-10-19-17(18-3)20-12-14(2)24-15-8-6-5-7-9-15;/h5-9,13-14H,4,10-12H2,1-3H3,(H2,18,19,20);1H. The Morgan fingerprint density at radius 1 is 1.28 bits per heavy atom. The molecule has 2 rings (SSSR count). The molecule has 0 saturated heterocycles. The van der Waals surface area contributed by atoms with Crippen LogP contribution in [0.4, 0.5) is 0 Å². The molecule has 138 valence electrons. The van der Waals surface area contributed by atoms with Crippen molar-refractivity contribution in [3.05, 3.63) is 42.5 Å². The lowest BCUT2D eigenvalue weighted by Crippen LogP contribution is -2.41. The van der Waals surface area contributed by atoms with Crippen LogP contribution in [0.1, 0.15) is 19.7 Å². The molecule has 1 atom stereocenters. The zero-order valence-electron chi connectivity index (χ0n) is 15.0. The van der Waals surface area contributed by atoms with Crippen LogP contribution < -0.4 is 10.6 Å². The molecular formula is C17H27IN6S. The van der Waals surface area contributed by atoms with Crippen molar-refractivity contribution in [1.82, 2.24) is 25.4 Å². The minimum Gasteiger partial charge on any atom is -0.355 e. The molecule has 2 aromatic rings. The van der Waals surface area contributed by atoms with Crippen molar-refractivity contribution >= 4 is 41.7 Å². The van der Waals surface area contributed by atoms with Crippen molar-refractivity contribution in [2.75, 3.05) is 20.1 Å². The van der Waals surface area contributed by atoms with E-state index < -0.39 is 0 Å². The van der Waals surface area contributed by atoms with Crippen LogP contribution in [0, 0.1) is 0 Å². The molecule has 2 N–H and O–H groups in total. The first kappa shape index (κ1) is 21.8. The van der Waals surface area contributed by atoms with Gasteiger partial charge in [-0.3, -0.25) is 4.99 Å². The van der Waals surface area contributed by atoms with Crippen LogP contribution in [0.25, 0.3) is 0 Å². The van der Waals surface area contributed by atoms with Crippen molar-refractivity contribution in [2.24, 2.45) is 4.99 Å². The molecule has 0 bridgehead atoms. The van der Waals surface area contributed by atoms with Gasteiger partial charge in [-0.15, -0.1) is 45.9 Å². The molecule has 0 saturated carbocycles. The second kappa shape index (κ2) is 12.1. The molecule has 1 heterocycles. The van der Waals surface area contributed by atoms with Crippen LogP contribution in [0.2, 0.25) is 0 Å². The number of aliphatic imine (C=N–C) groups is 1. The van der Waals surface area contributed by atoms with E-state index in [-0.39, 0.29) is 24.0 Å². The Balaban J connectivity index is 0.00000312. The molecule has 25 heavy (non-hydrogen) atoms. The van der Waals surface area contributed by atoms with Gasteiger partial charge in [-0.25, -0.2) is 0 Å². The highest BCUT2D eigenvalue weighted by Crippen LogP contribution is 2.21. The third kappa shape index (κ3) is 7.64. The maximum atomic E-state index is 4.27. The summed E-state index contributed by atoms with van der Waals surface area (Å²) in [6.07, 6.45) is 2.66. The van der Waals surface area contributed by atoms with Crippen molar-refractivity contribution < 1.29 is 0 Å². The highest BCUT2D eigenvalue weighted by Gasteiger charge is 2.06. The summed E-state index contributed by atoms with van der Waals surface area (Å²) in [5.41, 5.74) is 0. The maximum absolute atomic E-state index is 4.27. The third-order valence-corrected chi connectivity index (χ3v) is 4.63. The highest BCUT2D eigenvalue weighted by molar-refractivity contribution is 14.0. The zero-order valence-corrected chi connectivity index (χ0v) is 18.1. The Bertz CT molecular complexity index is 631. The Labute approximate surface area is 171 Å². The molecular weight excluding hydrogens is 447 g/mol. The first-order chi connectivity index (χ1) is 11.7. The van der Waals surface area contributed by atoms with Gasteiger partial charge in [-0.2, -0.15) is 0 Å². The summed E-state index contributed by atoms with van der Waals surface area (Å²) >= 11 is 1.86.